The fourth-order valence-electron chi connectivity index (χ4n) is 4.37. The molecule has 0 saturated carbocycles. The normalized spacial score (nSPS) is 23.7. The molecule has 11 nitrogen and oxygen atoms in total. The highest BCUT2D eigenvalue weighted by Gasteiger charge is 2.51. The van der Waals surface area contributed by atoms with Crippen LogP contribution in [0.15, 0.2) is 48.5 Å². The number of nitro groups is 1. The van der Waals surface area contributed by atoms with Crippen molar-refractivity contribution in [3.63, 3.8) is 0 Å². The molecule has 0 radical (unpaired) electrons. The van der Waals surface area contributed by atoms with Crippen LogP contribution >= 0.6 is 11.8 Å². The Morgan fingerprint density at radius 3 is 2.39 bits per heavy atom. The van der Waals surface area contributed by atoms with Crippen LogP contribution < -0.4 is 16.0 Å². The first-order valence-electron chi connectivity index (χ1n) is 11.3. The predicted octanol–water partition coefficient (Wildman–Crippen LogP) is 2.97. The molecule has 202 valence electrons. The van der Waals surface area contributed by atoms with E-state index in [1.54, 1.807) is 0 Å². The largest absolute Gasteiger partial charge is 0.418 e. The van der Waals surface area contributed by atoms with Gasteiger partial charge in [-0.2, -0.15) is 13.2 Å². The van der Waals surface area contributed by atoms with Gasteiger partial charge in [0.2, 0.25) is 11.8 Å². The average Bonchev–Trinajstić information content (AvgIpc) is 2.88. The summed E-state index contributed by atoms with van der Waals surface area (Å²) in [5, 5.41) is 18.9. The van der Waals surface area contributed by atoms with Crippen LogP contribution in [0.25, 0.3) is 0 Å². The van der Waals surface area contributed by atoms with Gasteiger partial charge in [-0.05, 0) is 29.8 Å². The van der Waals surface area contributed by atoms with Crippen LogP contribution in [0.1, 0.15) is 17.3 Å². The SMILES string of the molecule is CN1C(=O)C2C(SCC(=O)Nc3ccccc3C(F)(F)F)NC(c3ccc([N+](=O)[O-])cc3)NC2N(C)C1=O. The zero-order chi connectivity index (χ0) is 27.8. The van der Waals surface area contributed by atoms with E-state index in [0.717, 1.165) is 28.8 Å². The van der Waals surface area contributed by atoms with Gasteiger partial charge in [0.25, 0.3) is 5.69 Å². The van der Waals surface area contributed by atoms with Crippen molar-refractivity contribution in [2.45, 2.75) is 23.9 Å². The number of carbonyl (C=O) groups excluding carboxylic acids is 3. The number of nitrogens with zero attached hydrogens (tertiary/aromatic N) is 3. The number of carbonyl (C=O) groups is 3. The number of fused-ring (bicyclic) bond motifs is 1. The van der Waals surface area contributed by atoms with Crippen LogP contribution in [-0.4, -0.2) is 64.0 Å². The lowest BCUT2D eigenvalue weighted by Crippen LogP contribution is -2.72. The van der Waals surface area contributed by atoms with E-state index in [9.17, 15) is 37.7 Å². The molecule has 4 atom stereocenters. The first-order chi connectivity index (χ1) is 17.9. The number of amides is 4. The molecule has 2 aliphatic heterocycles. The van der Waals surface area contributed by atoms with Crippen LogP contribution in [0.3, 0.4) is 0 Å². The summed E-state index contributed by atoms with van der Waals surface area (Å²) >= 11 is 1.00. The van der Waals surface area contributed by atoms with Crippen molar-refractivity contribution >= 4 is 41.0 Å². The molecule has 2 heterocycles. The number of nitro benzene ring substituents is 1. The summed E-state index contributed by atoms with van der Waals surface area (Å²) in [6.07, 6.45) is -6.09. The Hall–Kier alpha value is -3.69. The molecule has 3 N–H and O–H groups in total. The standard InChI is InChI=1S/C23H23F3N6O5S/c1-30-19-17(21(34)31(2)22(30)35)20(29-18(28-19)12-7-9-13(10-8-12)32(36)37)38-11-16(33)27-15-6-4-3-5-14(15)23(24,25)26/h3-10,17-20,28-29H,11H2,1-2H3,(H,27,33). The smallest absolute Gasteiger partial charge is 0.325 e. The lowest BCUT2D eigenvalue weighted by molar-refractivity contribution is -0.384. The van der Waals surface area contributed by atoms with E-state index in [1.165, 1.54) is 55.4 Å². The monoisotopic (exact) mass is 552 g/mol. The molecule has 0 bridgehead atoms. The Kier molecular flexibility index (Phi) is 7.62. The molecule has 0 spiro atoms. The Balaban J connectivity index is 1.55. The van der Waals surface area contributed by atoms with Gasteiger partial charge in [0.15, 0.2) is 0 Å². The number of benzene rings is 2. The molecule has 15 heteroatoms. The molecule has 0 aromatic heterocycles. The summed E-state index contributed by atoms with van der Waals surface area (Å²) in [6.45, 7) is 0. The van der Waals surface area contributed by atoms with Crippen molar-refractivity contribution in [3.05, 3.63) is 69.8 Å². The van der Waals surface area contributed by atoms with Crippen molar-refractivity contribution < 1.29 is 32.5 Å². The summed E-state index contributed by atoms with van der Waals surface area (Å²) in [5.74, 6) is -2.34. The van der Waals surface area contributed by atoms with Crippen molar-refractivity contribution in [1.82, 2.24) is 20.4 Å². The summed E-state index contributed by atoms with van der Waals surface area (Å²) < 4.78 is 39.9. The van der Waals surface area contributed by atoms with E-state index in [2.05, 4.69) is 16.0 Å². The average molecular weight is 553 g/mol. The maximum absolute atomic E-state index is 13.3. The van der Waals surface area contributed by atoms with Crippen LogP contribution in [0, 0.1) is 16.0 Å². The van der Waals surface area contributed by atoms with E-state index >= 15 is 0 Å². The Morgan fingerprint density at radius 2 is 1.76 bits per heavy atom. The third kappa shape index (κ3) is 5.44. The molecule has 4 rings (SSSR count). The number of hydrogen-bond donors (Lipinski definition) is 3. The first kappa shape index (κ1) is 27.3. The van der Waals surface area contributed by atoms with Gasteiger partial charge in [-0.3, -0.25) is 35.2 Å². The van der Waals surface area contributed by atoms with Crippen molar-refractivity contribution in [1.29, 1.82) is 0 Å². The fourth-order valence-corrected chi connectivity index (χ4v) is 5.48. The molecule has 4 unspecified atom stereocenters. The van der Waals surface area contributed by atoms with Gasteiger partial charge in [-0.1, -0.05) is 12.1 Å². The van der Waals surface area contributed by atoms with Gasteiger partial charge in [-0.25, -0.2) is 4.79 Å². The second-order valence-electron chi connectivity index (χ2n) is 8.70. The minimum absolute atomic E-state index is 0.120. The maximum Gasteiger partial charge on any atom is 0.418 e. The highest BCUT2D eigenvalue weighted by atomic mass is 32.2. The van der Waals surface area contributed by atoms with E-state index in [4.69, 9.17) is 0 Å². The first-order valence-corrected chi connectivity index (χ1v) is 12.3. The summed E-state index contributed by atoms with van der Waals surface area (Å²) in [5.41, 5.74) is -0.911. The van der Waals surface area contributed by atoms with Gasteiger partial charge in [0.05, 0.1) is 45.6 Å². The highest BCUT2D eigenvalue weighted by Crippen LogP contribution is 2.36. The van der Waals surface area contributed by atoms with Crippen LogP contribution in [0.4, 0.5) is 29.3 Å². The quantitative estimate of drug-likeness (QED) is 0.368. The van der Waals surface area contributed by atoms with E-state index < -0.39 is 58.1 Å². The third-order valence-electron chi connectivity index (χ3n) is 6.29. The topological polar surface area (TPSA) is 137 Å². The molecule has 38 heavy (non-hydrogen) atoms. The lowest BCUT2D eigenvalue weighted by Gasteiger charge is -2.50. The second kappa shape index (κ2) is 10.6. The number of nitrogens with one attached hydrogen (secondary N) is 3. The fraction of sp³-hybridized carbons (Fsp3) is 0.348. The molecule has 2 aliphatic rings. The number of non-ortho nitro benzene ring substituents is 1. The zero-order valence-corrected chi connectivity index (χ0v) is 20.9. The van der Waals surface area contributed by atoms with Crippen molar-refractivity contribution in [2.75, 3.05) is 25.2 Å². The highest BCUT2D eigenvalue weighted by molar-refractivity contribution is 8.00. The zero-order valence-electron chi connectivity index (χ0n) is 20.1. The van der Waals surface area contributed by atoms with E-state index in [0.29, 0.717) is 5.56 Å². The lowest BCUT2D eigenvalue weighted by atomic mass is 9.96. The molecule has 0 aliphatic carbocycles. The minimum atomic E-state index is -4.66. The van der Waals surface area contributed by atoms with Gasteiger partial charge < -0.3 is 10.2 Å². The van der Waals surface area contributed by atoms with Gasteiger partial charge in [0.1, 0.15) is 0 Å². The summed E-state index contributed by atoms with van der Waals surface area (Å²) in [7, 11) is 2.85. The number of halogens is 3. The molecule has 2 aromatic carbocycles. The summed E-state index contributed by atoms with van der Waals surface area (Å²) in [4.78, 5) is 51.1. The number of rotatable bonds is 6. The molecular formula is C23H23F3N6O5S. The molecule has 2 aromatic rings. The number of para-hydroxylation sites is 1. The van der Waals surface area contributed by atoms with Gasteiger partial charge >= 0.3 is 12.2 Å². The van der Waals surface area contributed by atoms with E-state index in [1.807, 2.05) is 0 Å². The minimum Gasteiger partial charge on any atom is -0.325 e. The molecule has 2 fully saturated rings. The van der Waals surface area contributed by atoms with E-state index in [-0.39, 0.29) is 17.1 Å². The number of hydrogen-bond acceptors (Lipinski definition) is 8. The van der Waals surface area contributed by atoms with Gasteiger partial charge in [-0.15, -0.1) is 11.8 Å². The molecule has 4 amide bonds. The Bertz CT molecular complexity index is 1260. The van der Waals surface area contributed by atoms with Crippen LogP contribution in [-0.2, 0) is 15.8 Å². The molecule has 2 saturated heterocycles. The Morgan fingerprint density at radius 1 is 1.11 bits per heavy atom. The number of alkyl halides is 3. The number of urea groups is 1. The maximum atomic E-state index is 13.3. The predicted molar refractivity (Wildman–Crippen MR) is 132 cm³/mol. The number of thioether (sulfide) groups is 1. The third-order valence-corrected chi connectivity index (χ3v) is 7.51. The van der Waals surface area contributed by atoms with Crippen molar-refractivity contribution in [3.8, 4) is 0 Å². The molecular weight excluding hydrogens is 529 g/mol. The number of imide groups is 1. The number of anilines is 1. The summed E-state index contributed by atoms with van der Waals surface area (Å²) in [6, 6.07) is 9.71. The Labute approximate surface area is 218 Å². The van der Waals surface area contributed by atoms with Crippen molar-refractivity contribution in [2.24, 2.45) is 5.92 Å². The van der Waals surface area contributed by atoms with Crippen LogP contribution in [0.5, 0.6) is 0 Å². The van der Waals surface area contributed by atoms with Crippen LogP contribution in [0.2, 0.25) is 0 Å². The van der Waals surface area contributed by atoms with Gasteiger partial charge in [0, 0.05) is 26.2 Å². The second-order valence-corrected chi connectivity index (χ2v) is 9.83.